The van der Waals surface area contributed by atoms with Crippen LogP contribution in [-0.2, 0) is 11.3 Å². The molecular formula is C24H28ClN5O. The zero-order valence-corrected chi connectivity index (χ0v) is 18.7. The van der Waals surface area contributed by atoms with Gasteiger partial charge in [0.05, 0.1) is 5.52 Å². The molecule has 0 spiro atoms. The van der Waals surface area contributed by atoms with Gasteiger partial charge in [0, 0.05) is 43.0 Å². The molecule has 1 heterocycles. The number of fused-ring (bicyclic) bond motifs is 1. The summed E-state index contributed by atoms with van der Waals surface area (Å²) in [4.78, 5) is 24.0. The Labute approximate surface area is 188 Å². The van der Waals surface area contributed by atoms with Gasteiger partial charge < -0.3 is 15.5 Å². The van der Waals surface area contributed by atoms with Gasteiger partial charge in [-0.2, -0.15) is 4.98 Å². The number of hydrogen-bond donors (Lipinski definition) is 2. The van der Waals surface area contributed by atoms with Gasteiger partial charge in [0.1, 0.15) is 5.82 Å². The first kappa shape index (κ1) is 21.4. The number of hydrogen-bond acceptors (Lipinski definition) is 5. The lowest BCUT2D eigenvalue weighted by Crippen LogP contribution is -2.35. The van der Waals surface area contributed by atoms with Crippen LogP contribution in [0.1, 0.15) is 31.2 Å². The number of amides is 1. The van der Waals surface area contributed by atoms with Crippen molar-refractivity contribution in [2.45, 2.75) is 38.3 Å². The third kappa shape index (κ3) is 5.25. The molecule has 4 rings (SSSR count). The smallest absolute Gasteiger partial charge is 0.225 e. The highest BCUT2D eigenvalue weighted by atomic mass is 35.5. The van der Waals surface area contributed by atoms with Gasteiger partial charge in [-0.3, -0.25) is 4.79 Å². The van der Waals surface area contributed by atoms with Crippen LogP contribution >= 0.6 is 11.6 Å². The zero-order valence-electron chi connectivity index (χ0n) is 17.9. The van der Waals surface area contributed by atoms with E-state index in [1.54, 1.807) is 0 Å². The maximum atomic E-state index is 12.6. The molecule has 6 nitrogen and oxygen atoms in total. The van der Waals surface area contributed by atoms with E-state index in [1.807, 2.05) is 67.5 Å². The van der Waals surface area contributed by atoms with E-state index < -0.39 is 0 Å². The van der Waals surface area contributed by atoms with Crippen molar-refractivity contribution in [2.75, 3.05) is 24.3 Å². The third-order valence-electron chi connectivity index (χ3n) is 5.82. The van der Waals surface area contributed by atoms with E-state index in [0.717, 1.165) is 48.0 Å². The number of carbonyl (C=O) groups excluding carboxylic acids is 1. The molecule has 1 aliphatic carbocycles. The summed E-state index contributed by atoms with van der Waals surface area (Å²) in [6.07, 6.45) is 3.56. The van der Waals surface area contributed by atoms with Crippen LogP contribution in [0.4, 0.5) is 11.8 Å². The van der Waals surface area contributed by atoms with E-state index in [2.05, 4.69) is 10.6 Å². The highest BCUT2D eigenvalue weighted by Gasteiger charge is 2.26. The molecule has 7 heteroatoms. The maximum absolute atomic E-state index is 12.6. The Hall–Kier alpha value is -2.86. The predicted octanol–water partition coefficient (Wildman–Crippen LogP) is 4.64. The summed E-state index contributed by atoms with van der Waals surface area (Å²) >= 11 is 5.92. The molecule has 1 amide bonds. The van der Waals surface area contributed by atoms with Crippen molar-refractivity contribution in [3.05, 3.63) is 59.1 Å². The Bertz CT molecular complexity index is 1050. The second-order valence-electron chi connectivity index (χ2n) is 8.32. The minimum atomic E-state index is 0.0557. The molecule has 1 aromatic heterocycles. The minimum Gasteiger partial charge on any atom is -0.362 e. The van der Waals surface area contributed by atoms with Crippen LogP contribution in [0.5, 0.6) is 0 Å². The largest absolute Gasteiger partial charge is 0.362 e. The first-order chi connectivity index (χ1) is 15.0. The highest BCUT2D eigenvalue weighted by molar-refractivity contribution is 6.30. The SMILES string of the molecule is CN(C)c1nc(NC2CCC(C(=O)NCc3ccc(Cl)cc3)CC2)nc2ccccc12. The summed E-state index contributed by atoms with van der Waals surface area (Å²) in [7, 11) is 3.98. The average molecular weight is 438 g/mol. The standard InChI is InChI=1S/C24H28ClN5O/c1-30(2)22-20-5-3-4-6-21(20)28-24(29-22)27-19-13-9-17(10-14-19)23(31)26-15-16-7-11-18(25)12-8-16/h3-8,11-12,17,19H,9-10,13-15H2,1-2H3,(H,26,31)(H,27,28,29). The van der Waals surface area contributed by atoms with Crippen LogP contribution in [-0.4, -0.2) is 36.0 Å². The van der Waals surface area contributed by atoms with Gasteiger partial charge in [-0.25, -0.2) is 4.98 Å². The van der Waals surface area contributed by atoms with Gasteiger partial charge in [-0.15, -0.1) is 0 Å². The molecule has 162 valence electrons. The lowest BCUT2D eigenvalue weighted by atomic mass is 9.85. The Morgan fingerprint density at radius 3 is 2.45 bits per heavy atom. The Morgan fingerprint density at radius 2 is 1.74 bits per heavy atom. The molecule has 0 aliphatic heterocycles. The monoisotopic (exact) mass is 437 g/mol. The fourth-order valence-corrected chi connectivity index (χ4v) is 4.21. The lowest BCUT2D eigenvalue weighted by molar-refractivity contribution is -0.126. The topological polar surface area (TPSA) is 70.2 Å². The summed E-state index contributed by atoms with van der Waals surface area (Å²) in [6.45, 7) is 0.534. The van der Waals surface area contributed by atoms with Crippen molar-refractivity contribution in [3.63, 3.8) is 0 Å². The molecule has 0 unspecified atom stereocenters. The van der Waals surface area contributed by atoms with Crippen LogP contribution in [0.2, 0.25) is 5.02 Å². The molecule has 0 saturated heterocycles. The second-order valence-corrected chi connectivity index (χ2v) is 8.76. The zero-order chi connectivity index (χ0) is 21.8. The van der Waals surface area contributed by atoms with Crippen LogP contribution in [0.15, 0.2) is 48.5 Å². The molecule has 1 aliphatic rings. The minimum absolute atomic E-state index is 0.0557. The van der Waals surface area contributed by atoms with E-state index in [0.29, 0.717) is 17.5 Å². The van der Waals surface area contributed by atoms with Crippen molar-refractivity contribution in [3.8, 4) is 0 Å². The predicted molar refractivity (Wildman–Crippen MR) is 127 cm³/mol. The summed E-state index contributed by atoms with van der Waals surface area (Å²) < 4.78 is 0. The molecule has 1 saturated carbocycles. The van der Waals surface area contributed by atoms with Gasteiger partial charge >= 0.3 is 0 Å². The molecule has 2 N–H and O–H groups in total. The fourth-order valence-electron chi connectivity index (χ4n) is 4.08. The number of para-hydroxylation sites is 1. The van der Waals surface area contributed by atoms with Crippen molar-refractivity contribution >= 4 is 40.2 Å². The molecule has 3 aromatic rings. The highest BCUT2D eigenvalue weighted by Crippen LogP contribution is 2.28. The molecule has 0 radical (unpaired) electrons. The van der Waals surface area contributed by atoms with E-state index in [1.165, 1.54) is 0 Å². The van der Waals surface area contributed by atoms with Gasteiger partial charge in [-0.05, 0) is 55.5 Å². The third-order valence-corrected chi connectivity index (χ3v) is 6.07. The molecule has 31 heavy (non-hydrogen) atoms. The summed E-state index contributed by atoms with van der Waals surface area (Å²) in [6, 6.07) is 15.9. The molecule has 1 fully saturated rings. The number of nitrogens with one attached hydrogen (secondary N) is 2. The first-order valence-electron chi connectivity index (χ1n) is 10.7. The van der Waals surface area contributed by atoms with Gasteiger partial charge in [0.25, 0.3) is 0 Å². The number of rotatable bonds is 6. The van der Waals surface area contributed by atoms with Crippen molar-refractivity contribution in [2.24, 2.45) is 5.92 Å². The van der Waals surface area contributed by atoms with Gasteiger partial charge in [0.15, 0.2) is 0 Å². The van der Waals surface area contributed by atoms with Crippen molar-refractivity contribution in [1.82, 2.24) is 15.3 Å². The van der Waals surface area contributed by atoms with Crippen LogP contribution in [0.3, 0.4) is 0 Å². The van der Waals surface area contributed by atoms with Crippen molar-refractivity contribution < 1.29 is 4.79 Å². The first-order valence-corrected chi connectivity index (χ1v) is 11.1. The van der Waals surface area contributed by atoms with E-state index >= 15 is 0 Å². The Balaban J connectivity index is 1.33. The van der Waals surface area contributed by atoms with E-state index in [-0.39, 0.29) is 17.9 Å². The average Bonchev–Trinajstić information content (AvgIpc) is 2.78. The Kier molecular flexibility index (Phi) is 6.56. The summed E-state index contributed by atoms with van der Waals surface area (Å²) in [5, 5.41) is 8.30. The van der Waals surface area contributed by atoms with Crippen molar-refractivity contribution in [1.29, 1.82) is 0 Å². The number of halogens is 1. The lowest BCUT2D eigenvalue weighted by Gasteiger charge is -2.28. The van der Waals surface area contributed by atoms with Crippen LogP contribution in [0, 0.1) is 5.92 Å². The van der Waals surface area contributed by atoms with Gasteiger partial charge in [-0.1, -0.05) is 35.9 Å². The number of nitrogens with zero attached hydrogens (tertiary/aromatic N) is 3. The second kappa shape index (κ2) is 9.52. The van der Waals surface area contributed by atoms with Crippen LogP contribution < -0.4 is 15.5 Å². The van der Waals surface area contributed by atoms with E-state index in [9.17, 15) is 4.79 Å². The number of anilines is 2. The van der Waals surface area contributed by atoms with Crippen LogP contribution in [0.25, 0.3) is 10.9 Å². The summed E-state index contributed by atoms with van der Waals surface area (Å²) in [5.41, 5.74) is 1.98. The number of benzene rings is 2. The summed E-state index contributed by atoms with van der Waals surface area (Å²) in [5.74, 6) is 1.74. The quantitative estimate of drug-likeness (QED) is 0.588. The fraction of sp³-hybridized carbons (Fsp3) is 0.375. The molecule has 0 atom stereocenters. The Morgan fingerprint density at radius 1 is 1.03 bits per heavy atom. The molecule has 2 aromatic carbocycles. The molecular weight excluding hydrogens is 410 g/mol. The number of aromatic nitrogens is 2. The molecule has 0 bridgehead atoms. The van der Waals surface area contributed by atoms with E-state index in [4.69, 9.17) is 21.6 Å². The number of carbonyl (C=O) groups is 1. The maximum Gasteiger partial charge on any atom is 0.225 e. The van der Waals surface area contributed by atoms with Gasteiger partial charge in [0.2, 0.25) is 11.9 Å². The normalized spacial score (nSPS) is 18.5.